The molecule has 20 heavy (non-hydrogen) atoms. The number of fused-ring (bicyclic) bond motifs is 1. The van der Waals surface area contributed by atoms with Crippen LogP contribution in [0.15, 0.2) is 42.5 Å². The van der Waals surface area contributed by atoms with Crippen molar-refractivity contribution in [2.75, 3.05) is 18.7 Å². The number of aryl methyl sites for hydroxylation is 1. The number of nitrogens with one attached hydrogen (secondary N) is 1. The van der Waals surface area contributed by atoms with E-state index in [1.807, 2.05) is 18.2 Å². The van der Waals surface area contributed by atoms with Crippen LogP contribution < -0.4 is 20.5 Å². The minimum absolute atomic E-state index is 0.0483. The third-order valence-corrected chi connectivity index (χ3v) is 3.43. The van der Waals surface area contributed by atoms with Crippen molar-refractivity contribution in [3.63, 3.8) is 0 Å². The first-order valence-corrected chi connectivity index (χ1v) is 6.69. The summed E-state index contributed by atoms with van der Waals surface area (Å²) in [5.41, 5.74) is 9.29. The zero-order chi connectivity index (χ0) is 13.9. The Hall–Kier alpha value is -2.20. The Morgan fingerprint density at radius 3 is 2.60 bits per heavy atom. The predicted molar refractivity (Wildman–Crippen MR) is 79.2 cm³/mol. The second-order valence-corrected chi connectivity index (χ2v) is 4.91. The third kappa shape index (κ3) is 2.56. The van der Waals surface area contributed by atoms with Gasteiger partial charge in [-0.1, -0.05) is 23.8 Å². The number of nitrogens with two attached hydrogens (primary N) is 1. The molecule has 1 unspecified atom stereocenters. The number of benzene rings is 2. The molecule has 0 spiro atoms. The van der Waals surface area contributed by atoms with Crippen LogP contribution in [-0.2, 0) is 0 Å². The molecular formula is C16H18N2O2. The first-order valence-electron chi connectivity index (χ1n) is 6.69. The van der Waals surface area contributed by atoms with Crippen molar-refractivity contribution in [2.45, 2.75) is 13.0 Å². The molecule has 1 aliphatic heterocycles. The normalized spacial score (nSPS) is 14.1. The molecule has 0 bridgehead atoms. The maximum Gasteiger partial charge on any atom is 0.231 e. The van der Waals surface area contributed by atoms with Crippen LogP contribution in [0, 0.1) is 6.92 Å². The standard InChI is InChI=1S/C16H18N2O2/c1-11-2-5-13(6-3-11)18-14(9-17)12-4-7-15-16(8-12)20-10-19-15/h2-8,14,18H,9-10,17H2,1H3. The molecule has 0 aromatic heterocycles. The highest BCUT2D eigenvalue weighted by atomic mass is 16.7. The van der Waals surface area contributed by atoms with Crippen LogP contribution in [0.2, 0.25) is 0 Å². The lowest BCUT2D eigenvalue weighted by Gasteiger charge is -2.19. The summed E-state index contributed by atoms with van der Waals surface area (Å²) in [5, 5.41) is 3.44. The van der Waals surface area contributed by atoms with Crippen molar-refractivity contribution in [3.05, 3.63) is 53.6 Å². The van der Waals surface area contributed by atoms with E-state index in [4.69, 9.17) is 15.2 Å². The number of hydrogen-bond donors (Lipinski definition) is 2. The number of hydrogen-bond acceptors (Lipinski definition) is 4. The van der Waals surface area contributed by atoms with E-state index in [-0.39, 0.29) is 12.8 Å². The van der Waals surface area contributed by atoms with Gasteiger partial charge in [0, 0.05) is 12.2 Å². The molecule has 2 aromatic rings. The Morgan fingerprint density at radius 2 is 1.85 bits per heavy atom. The van der Waals surface area contributed by atoms with Crippen molar-refractivity contribution in [3.8, 4) is 11.5 Å². The summed E-state index contributed by atoms with van der Waals surface area (Å²) in [4.78, 5) is 0. The maximum absolute atomic E-state index is 5.89. The largest absolute Gasteiger partial charge is 0.454 e. The molecule has 104 valence electrons. The van der Waals surface area contributed by atoms with Gasteiger partial charge in [-0.05, 0) is 36.8 Å². The second kappa shape index (κ2) is 5.43. The molecular weight excluding hydrogens is 252 g/mol. The van der Waals surface area contributed by atoms with Crippen LogP contribution in [-0.4, -0.2) is 13.3 Å². The van der Waals surface area contributed by atoms with Crippen molar-refractivity contribution in [2.24, 2.45) is 5.73 Å². The second-order valence-electron chi connectivity index (χ2n) is 4.91. The van der Waals surface area contributed by atoms with Crippen molar-refractivity contribution in [1.29, 1.82) is 0 Å². The lowest BCUT2D eigenvalue weighted by molar-refractivity contribution is 0.174. The highest BCUT2D eigenvalue weighted by Gasteiger charge is 2.17. The first-order chi connectivity index (χ1) is 9.76. The van der Waals surface area contributed by atoms with Crippen molar-refractivity contribution >= 4 is 5.69 Å². The summed E-state index contributed by atoms with van der Waals surface area (Å²) >= 11 is 0. The zero-order valence-electron chi connectivity index (χ0n) is 11.4. The molecule has 3 N–H and O–H groups in total. The van der Waals surface area contributed by atoms with Crippen LogP contribution in [0.5, 0.6) is 11.5 Å². The van der Waals surface area contributed by atoms with Crippen molar-refractivity contribution < 1.29 is 9.47 Å². The summed E-state index contributed by atoms with van der Waals surface area (Å²) in [5.74, 6) is 1.58. The Kier molecular flexibility index (Phi) is 3.48. The molecule has 0 saturated heterocycles. The summed E-state index contributed by atoms with van der Waals surface area (Å²) in [7, 11) is 0. The Morgan fingerprint density at radius 1 is 1.10 bits per heavy atom. The Labute approximate surface area is 118 Å². The lowest BCUT2D eigenvalue weighted by Crippen LogP contribution is -2.20. The van der Waals surface area contributed by atoms with Crippen LogP contribution in [0.1, 0.15) is 17.2 Å². The number of anilines is 1. The highest BCUT2D eigenvalue weighted by Crippen LogP contribution is 2.34. The van der Waals surface area contributed by atoms with E-state index in [1.54, 1.807) is 0 Å². The summed E-state index contributed by atoms with van der Waals surface area (Å²) in [6.07, 6.45) is 0. The van der Waals surface area contributed by atoms with Gasteiger partial charge in [0.1, 0.15) is 0 Å². The van der Waals surface area contributed by atoms with Gasteiger partial charge in [-0.2, -0.15) is 0 Å². The van der Waals surface area contributed by atoms with E-state index < -0.39 is 0 Å². The van der Waals surface area contributed by atoms with Gasteiger partial charge in [-0.15, -0.1) is 0 Å². The number of rotatable bonds is 4. The van der Waals surface area contributed by atoms with Gasteiger partial charge in [0.05, 0.1) is 6.04 Å². The SMILES string of the molecule is Cc1ccc(NC(CN)c2ccc3c(c2)OCO3)cc1. The zero-order valence-corrected chi connectivity index (χ0v) is 11.4. The summed E-state index contributed by atoms with van der Waals surface area (Å²) < 4.78 is 10.7. The molecule has 0 aliphatic carbocycles. The van der Waals surface area contributed by atoms with Gasteiger partial charge < -0.3 is 20.5 Å². The fourth-order valence-electron chi connectivity index (χ4n) is 2.26. The van der Waals surface area contributed by atoms with Gasteiger partial charge in [-0.3, -0.25) is 0 Å². The molecule has 0 amide bonds. The van der Waals surface area contributed by atoms with E-state index in [9.17, 15) is 0 Å². The smallest absolute Gasteiger partial charge is 0.231 e. The minimum atomic E-state index is 0.0483. The molecule has 4 heteroatoms. The van der Waals surface area contributed by atoms with Crippen LogP contribution in [0.25, 0.3) is 0 Å². The van der Waals surface area contributed by atoms with E-state index in [1.165, 1.54) is 5.56 Å². The predicted octanol–water partition coefficient (Wildman–Crippen LogP) is 2.84. The van der Waals surface area contributed by atoms with Gasteiger partial charge in [0.25, 0.3) is 0 Å². The molecule has 1 aliphatic rings. The van der Waals surface area contributed by atoms with Crippen molar-refractivity contribution in [1.82, 2.24) is 0 Å². The van der Waals surface area contributed by atoms with Gasteiger partial charge >= 0.3 is 0 Å². The number of ether oxygens (including phenoxy) is 2. The van der Waals surface area contributed by atoms with Crippen LogP contribution in [0.3, 0.4) is 0 Å². The average Bonchev–Trinajstić information content (AvgIpc) is 2.94. The molecule has 0 radical (unpaired) electrons. The minimum Gasteiger partial charge on any atom is -0.454 e. The average molecular weight is 270 g/mol. The van der Waals surface area contributed by atoms with Crippen LogP contribution >= 0.6 is 0 Å². The van der Waals surface area contributed by atoms with E-state index in [0.29, 0.717) is 6.54 Å². The molecule has 1 heterocycles. The molecule has 1 atom stereocenters. The molecule has 2 aromatic carbocycles. The molecule has 4 nitrogen and oxygen atoms in total. The van der Waals surface area contributed by atoms with Gasteiger partial charge in [0.2, 0.25) is 6.79 Å². The Balaban J connectivity index is 1.81. The topological polar surface area (TPSA) is 56.5 Å². The van der Waals surface area contributed by atoms with Gasteiger partial charge in [-0.25, -0.2) is 0 Å². The van der Waals surface area contributed by atoms with E-state index >= 15 is 0 Å². The fraction of sp³-hybridized carbons (Fsp3) is 0.250. The fourth-order valence-corrected chi connectivity index (χ4v) is 2.26. The monoisotopic (exact) mass is 270 g/mol. The first kappa shape index (κ1) is 12.8. The quantitative estimate of drug-likeness (QED) is 0.897. The van der Waals surface area contributed by atoms with E-state index in [2.05, 4.69) is 36.5 Å². The lowest BCUT2D eigenvalue weighted by atomic mass is 10.1. The maximum atomic E-state index is 5.89. The van der Waals surface area contributed by atoms with Crippen LogP contribution in [0.4, 0.5) is 5.69 Å². The van der Waals surface area contributed by atoms with E-state index in [0.717, 1.165) is 22.7 Å². The summed E-state index contributed by atoms with van der Waals surface area (Å²) in [6.45, 7) is 2.87. The molecule has 3 rings (SSSR count). The Bertz CT molecular complexity index is 596. The summed E-state index contributed by atoms with van der Waals surface area (Å²) in [6, 6.07) is 14.3. The molecule has 0 saturated carbocycles. The third-order valence-electron chi connectivity index (χ3n) is 3.43. The molecule has 0 fully saturated rings. The highest BCUT2D eigenvalue weighted by molar-refractivity contribution is 5.50. The van der Waals surface area contributed by atoms with Gasteiger partial charge in [0.15, 0.2) is 11.5 Å².